The molecule has 2 aliphatic carbocycles. The number of aromatic carboxylic acids is 1. The van der Waals surface area contributed by atoms with Crippen LogP contribution in [0.15, 0.2) is 12.3 Å². The topological polar surface area (TPSA) is 53.4 Å². The lowest BCUT2D eigenvalue weighted by atomic mass is 9.67. The van der Waals surface area contributed by atoms with Gasteiger partial charge in [-0.15, -0.1) is 0 Å². The molecule has 0 bridgehead atoms. The summed E-state index contributed by atoms with van der Waals surface area (Å²) >= 11 is 0. The molecule has 0 saturated heterocycles. The van der Waals surface area contributed by atoms with E-state index in [-0.39, 0.29) is 0 Å². The number of hydrogen-bond donors (Lipinski definition) is 1. The van der Waals surface area contributed by atoms with Crippen molar-refractivity contribution in [1.82, 2.24) is 9.88 Å². The largest absolute Gasteiger partial charge is 0.478 e. The van der Waals surface area contributed by atoms with Crippen LogP contribution >= 0.6 is 0 Å². The molecular weight excluding hydrogens is 264 g/mol. The van der Waals surface area contributed by atoms with Crippen molar-refractivity contribution < 1.29 is 9.90 Å². The molecule has 1 atom stereocenters. The van der Waals surface area contributed by atoms with Crippen molar-refractivity contribution in [3.63, 3.8) is 0 Å². The molecule has 1 aromatic rings. The minimum absolute atomic E-state index is 0.316. The van der Waals surface area contributed by atoms with Crippen molar-refractivity contribution in [1.29, 1.82) is 0 Å². The number of hydrogen-bond acceptors (Lipinski definition) is 3. The molecule has 1 N–H and O–H groups in total. The zero-order chi connectivity index (χ0) is 14.4. The summed E-state index contributed by atoms with van der Waals surface area (Å²) in [7, 11) is 0. The van der Waals surface area contributed by atoms with Crippen LogP contribution in [0.4, 0.5) is 0 Å². The fourth-order valence-electron chi connectivity index (χ4n) is 4.48. The van der Waals surface area contributed by atoms with Crippen LogP contribution in [0.1, 0.15) is 60.1 Å². The minimum atomic E-state index is -0.879. The van der Waals surface area contributed by atoms with Gasteiger partial charge < -0.3 is 5.11 Å². The summed E-state index contributed by atoms with van der Waals surface area (Å²) in [5.74, 6) is -0.879. The molecule has 4 nitrogen and oxygen atoms in total. The maximum atomic E-state index is 11.0. The standard InChI is InChI=1S/C17H22N2O2/c20-16(21)13-8-12-3-7-19(11-15(12)18-10-13)14-2-6-17(9-14)4-1-5-17/h8,10,14H,1-7,9,11H2,(H,20,21). The van der Waals surface area contributed by atoms with Crippen molar-refractivity contribution >= 4 is 5.97 Å². The van der Waals surface area contributed by atoms with Crippen LogP contribution in [-0.4, -0.2) is 33.5 Å². The number of fused-ring (bicyclic) bond motifs is 1. The molecule has 4 rings (SSSR count). The Morgan fingerprint density at radius 2 is 2.24 bits per heavy atom. The smallest absolute Gasteiger partial charge is 0.337 e. The first-order valence-electron chi connectivity index (χ1n) is 8.10. The van der Waals surface area contributed by atoms with Crippen LogP contribution in [-0.2, 0) is 13.0 Å². The van der Waals surface area contributed by atoms with Gasteiger partial charge in [-0.3, -0.25) is 9.88 Å². The Balaban J connectivity index is 1.48. The molecule has 1 aromatic heterocycles. The van der Waals surface area contributed by atoms with Crippen LogP contribution in [0.3, 0.4) is 0 Å². The van der Waals surface area contributed by atoms with Gasteiger partial charge in [0, 0.05) is 25.3 Å². The summed E-state index contributed by atoms with van der Waals surface area (Å²) in [5, 5.41) is 9.05. The Morgan fingerprint density at radius 3 is 2.90 bits per heavy atom. The van der Waals surface area contributed by atoms with Crippen molar-refractivity contribution in [2.24, 2.45) is 5.41 Å². The highest BCUT2D eigenvalue weighted by atomic mass is 16.4. The van der Waals surface area contributed by atoms with E-state index in [0.717, 1.165) is 36.8 Å². The maximum absolute atomic E-state index is 11.0. The van der Waals surface area contributed by atoms with Gasteiger partial charge in [0.25, 0.3) is 0 Å². The fraction of sp³-hybridized carbons (Fsp3) is 0.647. The molecule has 2 fully saturated rings. The van der Waals surface area contributed by atoms with Crippen molar-refractivity contribution in [2.45, 2.75) is 57.5 Å². The molecule has 0 aromatic carbocycles. The van der Waals surface area contributed by atoms with E-state index in [1.165, 1.54) is 44.7 Å². The van der Waals surface area contributed by atoms with Crippen LogP contribution in [0.5, 0.6) is 0 Å². The summed E-state index contributed by atoms with van der Waals surface area (Å²) in [6.07, 6.45) is 10.9. The third kappa shape index (κ3) is 2.26. The average molecular weight is 286 g/mol. The Labute approximate surface area is 125 Å². The Hall–Kier alpha value is -1.42. The Bertz CT molecular complexity index is 580. The van der Waals surface area contributed by atoms with Crippen LogP contribution in [0.2, 0.25) is 0 Å². The predicted octanol–water partition coefficient (Wildman–Crippen LogP) is 2.86. The summed E-state index contributed by atoms with van der Waals surface area (Å²) in [6.45, 7) is 1.95. The molecule has 0 amide bonds. The summed E-state index contributed by atoms with van der Waals surface area (Å²) < 4.78 is 0. The fourth-order valence-corrected chi connectivity index (χ4v) is 4.48. The lowest BCUT2D eigenvalue weighted by molar-refractivity contribution is 0.0695. The Morgan fingerprint density at radius 1 is 1.38 bits per heavy atom. The number of carboxylic acids is 1. The second-order valence-electron chi connectivity index (χ2n) is 7.11. The molecular formula is C17H22N2O2. The molecule has 3 aliphatic rings. The zero-order valence-corrected chi connectivity index (χ0v) is 12.3. The molecule has 2 saturated carbocycles. The number of carboxylic acid groups (broad SMARTS) is 1. The first-order valence-corrected chi connectivity index (χ1v) is 8.10. The van der Waals surface area contributed by atoms with E-state index >= 15 is 0 Å². The van der Waals surface area contributed by atoms with Gasteiger partial charge in [0.05, 0.1) is 11.3 Å². The van der Waals surface area contributed by atoms with E-state index in [4.69, 9.17) is 5.11 Å². The maximum Gasteiger partial charge on any atom is 0.337 e. The zero-order valence-electron chi connectivity index (χ0n) is 12.3. The predicted molar refractivity (Wildman–Crippen MR) is 79.2 cm³/mol. The first kappa shape index (κ1) is 13.3. The second kappa shape index (κ2) is 4.80. The van der Waals surface area contributed by atoms with Crippen LogP contribution < -0.4 is 0 Å². The lowest BCUT2D eigenvalue weighted by Crippen LogP contribution is -2.39. The highest BCUT2D eigenvalue weighted by Gasteiger charge is 2.45. The van der Waals surface area contributed by atoms with E-state index < -0.39 is 5.97 Å². The summed E-state index contributed by atoms with van der Waals surface area (Å²) in [5.41, 5.74) is 3.21. The Kier molecular flexibility index (Phi) is 3.03. The quantitative estimate of drug-likeness (QED) is 0.908. The normalized spacial score (nSPS) is 27.3. The molecule has 1 unspecified atom stereocenters. The second-order valence-corrected chi connectivity index (χ2v) is 7.11. The van der Waals surface area contributed by atoms with Gasteiger partial charge in [-0.25, -0.2) is 4.79 Å². The van der Waals surface area contributed by atoms with Crippen LogP contribution in [0, 0.1) is 5.41 Å². The number of rotatable bonds is 2. The highest BCUT2D eigenvalue weighted by Crippen LogP contribution is 2.54. The number of carbonyl (C=O) groups is 1. The molecule has 112 valence electrons. The van der Waals surface area contributed by atoms with E-state index in [1.54, 1.807) is 0 Å². The lowest BCUT2D eigenvalue weighted by Gasteiger charge is -2.40. The summed E-state index contributed by atoms with van der Waals surface area (Å²) in [6, 6.07) is 2.53. The van der Waals surface area contributed by atoms with Crippen LogP contribution in [0.25, 0.3) is 0 Å². The average Bonchev–Trinajstić information content (AvgIpc) is 2.91. The van der Waals surface area contributed by atoms with E-state index in [9.17, 15) is 4.79 Å². The number of aromatic nitrogens is 1. The van der Waals surface area contributed by atoms with Gasteiger partial charge in [-0.2, -0.15) is 0 Å². The molecule has 0 radical (unpaired) electrons. The third-order valence-corrected chi connectivity index (χ3v) is 5.94. The number of nitrogens with zero attached hydrogens (tertiary/aromatic N) is 2. The van der Waals surface area contributed by atoms with Gasteiger partial charge in [0.15, 0.2) is 0 Å². The van der Waals surface area contributed by atoms with Crippen molar-refractivity contribution in [3.8, 4) is 0 Å². The monoisotopic (exact) mass is 286 g/mol. The number of pyridine rings is 1. The molecule has 2 heterocycles. The SMILES string of the molecule is O=C(O)c1cnc2c(c1)CCN(C1CCC3(CCC3)C1)C2. The molecule has 1 spiro atoms. The minimum Gasteiger partial charge on any atom is -0.478 e. The van der Waals surface area contributed by atoms with E-state index in [2.05, 4.69) is 9.88 Å². The first-order chi connectivity index (χ1) is 10.2. The van der Waals surface area contributed by atoms with E-state index in [1.807, 2.05) is 6.07 Å². The molecule has 4 heteroatoms. The van der Waals surface area contributed by atoms with Crippen molar-refractivity contribution in [3.05, 3.63) is 29.1 Å². The third-order valence-electron chi connectivity index (χ3n) is 5.94. The van der Waals surface area contributed by atoms with Crippen molar-refractivity contribution in [2.75, 3.05) is 6.54 Å². The summed E-state index contributed by atoms with van der Waals surface area (Å²) in [4.78, 5) is 18.0. The molecule has 1 aliphatic heterocycles. The van der Waals surface area contributed by atoms with Gasteiger partial charge in [-0.05, 0) is 55.6 Å². The van der Waals surface area contributed by atoms with Gasteiger partial charge >= 0.3 is 5.97 Å². The van der Waals surface area contributed by atoms with Gasteiger partial charge in [0.1, 0.15) is 0 Å². The highest BCUT2D eigenvalue weighted by molar-refractivity contribution is 5.87. The van der Waals surface area contributed by atoms with E-state index in [0.29, 0.717) is 11.0 Å². The van der Waals surface area contributed by atoms with Gasteiger partial charge in [0.2, 0.25) is 0 Å². The van der Waals surface area contributed by atoms with Gasteiger partial charge in [-0.1, -0.05) is 6.42 Å². The molecule has 21 heavy (non-hydrogen) atoms.